The summed E-state index contributed by atoms with van der Waals surface area (Å²) in [6.45, 7) is 0. The fourth-order valence-electron chi connectivity index (χ4n) is 1.09. The van der Waals surface area contributed by atoms with E-state index in [9.17, 15) is 0 Å². The van der Waals surface area contributed by atoms with Crippen LogP contribution in [-0.4, -0.2) is 10.5 Å². The van der Waals surface area contributed by atoms with Crippen LogP contribution >= 0.6 is 60.8 Å². The van der Waals surface area contributed by atoms with Crippen molar-refractivity contribution in [3.05, 3.63) is 35.4 Å². The summed E-state index contributed by atoms with van der Waals surface area (Å²) in [6, 6.07) is 5.34. The van der Waals surface area contributed by atoms with Gasteiger partial charge in [-0.15, -0.1) is 44.8 Å². The Hall–Kier alpha value is 1.08. The first-order valence-corrected chi connectivity index (χ1v) is 10.8. The van der Waals surface area contributed by atoms with Crippen molar-refractivity contribution in [3.8, 4) is 0 Å². The SMILES string of the molecule is ClCc1ccc(CC(Br)[Si](Cl)(Cl)Cl)cc1. The molecule has 0 bridgehead atoms. The van der Waals surface area contributed by atoms with Gasteiger partial charge in [0.1, 0.15) is 0 Å². The van der Waals surface area contributed by atoms with Gasteiger partial charge in [0.05, 0.1) is 4.45 Å². The lowest BCUT2D eigenvalue weighted by Crippen LogP contribution is -2.27. The molecule has 0 aliphatic heterocycles. The maximum atomic E-state index is 5.89. The average Bonchev–Trinajstić information content (AvgIpc) is 2.17. The molecule has 1 aromatic rings. The summed E-state index contributed by atoms with van der Waals surface area (Å²) < 4.78 is -0.0585. The maximum absolute atomic E-state index is 5.89. The third kappa shape index (κ3) is 4.84. The summed E-state index contributed by atoms with van der Waals surface area (Å²) >= 11 is 26.8. The zero-order chi connectivity index (χ0) is 11.5. The molecule has 6 heteroatoms. The highest BCUT2D eigenvalue weighted by atomic mass is 79.9. The van der Waals surface area contributed by atoms with E-state index in [0.29, 0.717) is 5.88 Å². The number of hydrogen-bond donors (Lipinski definition) is 0. The predicted octanol–water partition coefficient (Wildman–Crippen LogP) is 4.93. The summed E-state index contributed by atoms with van der Waals surface area (Å²) in [5.41, 5.74) is 2.24. The molecule has 0 amide bonds. The van der Waals surface area contributed by atoms with Crippen LogP contribution in [0.15, 0.2) is 24.3 Å². The monoisotopic (exact) mass is 364 g/mol. The summed E-state index contributed by atoms with van der Waals surface area (Å²) in [6.07, 6.45) is 0.727. The van der Waals surface area contributed by atoms with Crippen molar-refractivity contribution < 1.29 is 0 Å². The molecule has 1 aromatic carbocycles. The van der Waals surface area contributed by atoms with Crippen LogP contribution in [0, 0.1) is 0 Å². The smallest absolute Gasteiger partial charge is 0.125 e. The molecular weight excluding hydrogens is 358 g/mol. The quantitative estimate of drug-likeness (QED) is 0.403. The van der Waals surface area contributed by atoms with E-state index in [4.69, 9.17) is 44.8 Å². The lowest BCUT2D eigenvalue weighted by Gasteiger charge is -2.15. The van der Waals surface area contributed by atoms with Crippen molar-refractivity contribution in [2.75, 3.05) is 0 Å². The molecular formula is C9H9BrCl4Si. The molecule has 15 heavy (non-hydrogen) atoms. The van der Waals surface area contributed by atoms with Crippen molar-refractivity contribution in [3.63, 3.8) is 0 Å². The summed E-state index contributed by atoms with van der Waals surface area (Å²) in [7, 11) is 0. The number of alkyl halides is 2. The largest absolute Gasteiger partial charge is 0.354 e. The molecule has 0 radical (unpaired) electrons. The van der Waals surface area contributed by atoms with E-state index in [0.717, 1.165) is 17.5 Å². The molecule has 0 nitrogen and oxygen atoms in total. The van der Waals surface area contributed by atoms with Crippen LogP contribution in [0.4, 0.5) is 0 Å². The van der Waals surface area contributed by atoms with Gasteiger partial charge in [0.2, 0.25) is 0 Å². The molecule has 0 saturated heterocycles. The van der Waals surface area contributed by atoms with Crippen LogP contribution < -0.4 is 0 Å². The van der Waals surface area contributed by atoms with Crippen LogP contribution in [0.3, 0.4) is 0 Å². The standard InChI is InChI=1S/C9H9BrCl4Si/c10-9(15(12,13)14)5-7-1-3-8(6-11)4-2-7/h1-4,9H,5-6H2. The lowest BCUT2D eigenvalue weighted by molar-refractivity contribution is 1.10. The predicted molar refractivity (Wildman–Crippen MR) is 75.7 cm³/mol. The first-order chi connectivity index (χ1) is 6.93. The molecule has 0 spiro atoms. The van der Waals surface area contributed by atoms with E-state index in [1.165, 1.54) is 0 Å². The first kappa shape index (κ1) is 14.1. The minimum absolute atomic E-state index is 0.0585. The Labute approximate surface area is 118 Å². The van der Waals surface area contributed by atoms with Gasteiger partial charge in [0.15, 0.2) is 0 Å². The molecule has 0 aromatic heterocycles. The minimum Gasteiger partial charge on any atom is -0.125 e. The maximum Gasteiger partial charge on any atom is 0.354 e. The van der Waals surface area contributed by atoms with Crippen molar-refractivity contribution in [1.82, 2.24) is 0 Å². The van der Waals surface area contributed by atoms with Crippen LogP contribution in [0.1, 0.15) is 11.1 Å². The highest BCUT2D eigenvalue weighted by Crippen LogP contribution is 2.31. The molecule has 1 atom stereocenters. The Morgan fingerprint density at radius 3 is 1.93 bits per heavy atom. The van der Waals surface area contributed by atoms with Crippen LogP contribution in [-0.2, 0) is 12.3 Å². The van der Waals surface area contributed by atoms with Crippen molar-refractivity contribution >= 4 is 66.8 Å². The Bertz CT molecular complexity index is 309. The van der Waals surface area contributed by atoms with E-state index in [1.54, 1.807) is 0 Å². The number of rotatable bonds is 4. The Kier molecular flexibility index (Phi) is 5.78. The van der Waals surface area contributed by atoms with E-state index in [2.05, 4.69) is 15.9 Å². The second kappa shape index (κ2) is 6.13. The Balaban J connectivity index is 2.65. The second-order valence-corrected chi connectivity index (χ2v) is 14.3. The van der Waals surface area contributed by atoms with E-state index < -0.39 is 6.00 Å². The highest BCUT2D eigenvalue weighted by molar-refractivity contribution is 9.10. The van der Waals surface area contributed by atoms with E-state index in [1.807, 2.05) is 24.3 Å². The van der Waals surface area contributed by atoms with Gasteiger partial charge < -0.3 is 0 Å². The molecule has 0 aliphatic rings. The molecule has 0 aliphatic carbocycles. The average molecular weight is 367 g/mol. The fraction of sp³-hybridized carbons (Fsp3) is 0.333. The van der Waals surface area contributed by atoms with Gasteiger partial charge >= 0.3 is 6.00 Å². The van der Waals surface area contributed by atoms with Crippen LogP contribution in [0.5, 0.6) is 0 Å². The zero-order valence-corrected chi connectivity index (χ0v) is 13.3. The Morgan fingerprint density at radius 1 is 1.07 bits per heavy atom. The van der Waals surface area contributed by atoms with Crippen LogP contribution in [0.2, 0.25) is 0 Å². The minimum atomic E-state index is -2.66. The van der Waals surface area contributed by atoms with Gasteiger partial charge in [-0.2, -0.15) is 0 Å². The highest BCUT2D eigenvalue weighted by Gasteiger charge is 2.34. The zero-order valence-electron chi connectivity index (χ0n) is 7.69. The number of halogens is 5. The molecule has 0 N–H and O–H groups in total. The normalized spacial score (nSPS) is 13.9. The topological polar surface area (TPSA) is 0 Å². The second-order valence-electron chi connectivity index (χ2n) is 3.16. The third-order valence-corrected chi connectivity index (χ3v) is 10.3. The molecule has 0 fully saturated rings. The lowest BCUT2D eigenvalue weighted by atomic mass is 10.1. The first-order valence-electron chi connectivity index (χ1n) is 4.28. The molecule has 84 valence electrons. The molecule has 0 heterocycles. The number of hydrogen-bond acceptors (Lipinski definition) is 0. The van der Waals surface area contributed by atoms with Crippen molar-refractivity contribution in [1.29, 1.82) is 0 Å². The Morgan fingerprint density at radius 2 is 1.53 bits per heavy atom. The summed E-state index contributed by atoms with van der Waals surface area (Å²) in [5.74, 6) is 0.525. The van der Waals surface area contributed by atoms with Crippen molar-refractivity contribution in [2.24, 2.45) is 0 Å². The van der Waals surface area contributed by atoms with Gasteiger partial charge in [0.25, 0.3) is 0 Å². The van der Waals surface area contributed by atoms with Gasteiger partial charge in [-0.05, 0) is 17.5 Å². The molecule has 1 rings (SSSR count). The van der Waals surface area contributed by atoms with Crippen LogP contribution in [0.25, 0.3) is 0 Å². The molecule has 1 unspecified atom stereocenters. The van der Waals surface area contributed by atoms with Crippen molar-refractivity contribution in [2.45, 2.75) is 16.8 Å². The van der Waals surface area contributed by atoms with E-state index in [-0.39, 0.29) is 4.45 Å². The van der Waals surface area contributed by atoms with E-state index >= 15 is 0 Å². The number of benzene rings is 1. The fourth-order valence-corrected chi connectivity index (χ4v) is 2.80. The molecule has 0 saturated carbocycles. The van der Waals surface area contributed by atoms with Gasteiger partial charge in [-0.25, -0.2) is 0 Å². The summed E-state index contributed by atoms with van der Waals surface area (Å²) in [5, 5.41) is 0. The van der Waals surface area contributed by atoms with Gasteiger partial charge in [-0.1, -0.05) is 40.2 Å². The van der Waals surface area contributed by atoms with Gasteiger partial charge in [0, 0.05) is 5.88 Å². The summed E-state index contributed by atoms with van der Waals surface area (Å²) in [4.78, 5) is 0. The third-order valence-electron chi connectivity index (χ3n) is 1.95. The van der Waals surface area contributed by atoms with Gasteiger partial charge in [-0.3, -0.25) is 0 Å².